The summed E-state index contributed by atoms with van der Waals surface area (Å²) in [4.78, 5) is 7.74. The van der Waals surface area contributed by atoms with Crippen LogP contribution in [-0.4, -0.2) is 9.97 Å². The van der Waals surface area contributed by atoms with Crippen LogP contribution < -0.4 is 4.74 Å². The molecule has 1 aromatic carbocycles. The van der Waals surface area contributed by atoms with E-state index in [9.17, 15) is 8.78 Å². The number of aromatic nitrogens is 2. The Balaban J connectivity index is 2.34. The van der Waals surface area contributed by atoms with Crippen LogP contribution >= 0.6 is 0 Å². The predicted molar refractivity (Wildman–Crippen MR) is 63.3 cm³/mol. The highest BCUT2D eigenvalue weighted by atomic mass is 19.1. The van der Waals surface area contributed by atoms with Crippen LogP contribution in [0.25, 0.3) is 6.08 Å². The molecule has 0 fully saturated rings. The van der Waals surface area contributed by atoms with Gasteiger partial charge >= 0.3 is 0 Å². The quantitative estimate of drug-likeness (QED) is 0.833. The Morgan fingerprint density at radius 3 is 2.22 bits per heavy atom. The smallest absolute Gasteiger partial charge is 0.198 e. The highest BCUT2D eigenvalue weighted by Gasteiger charge is 2.13. The third kappa shape index (κ3) is 2.51. The molecule has 5 heteroatoms. The van der Waals surface area contributed by atoms with Crippen molar-refractivity contribution < 1.29 is 13.5 Å². The molecule has 0 radical (unpaired) electrons. The summed E-state index contributed by atoms with van der Waals surface area (Å²) in [7, 11) is 0. The van der Waals surface area contributed by atoms with Crippen LogP contribution in [0.1, 0.15) is 11.4 Å². The van der Waals surface area contributed by atoms with E-state index < -0.39 is 17.4 Å². The average Bonchev–Trinajstić information content (AvgIpc) is 2.35. The largest absolute Gasteiger partial charge is 0.448 e. The van der Waals surface area contributed by atoms with Gasteiger partial charge in [0, 0.05) is 0 Å². The molecule has 0 saturated carbocycles. The maximum absolute atomic E-state index is 13.6. The molecule has 2 aromatic rings. The first-order valence-corrected chi connectivity index (χ1v) is 5.18. The van der Waals surface area contributed by atoms with Crippen molar-refractivity contribution in [2.45, 2.75) is 6.92 Å². The molecule has 0 unspecified atom stereocenters. The summed E-state index contributed by atoms with van der Waals surface area (Å²) in [6.07, 6.45) is 4.05. The maximum Gasteiger partial charge on any atom is 0.198 e. The second-order valence-electron chi connectivity index (χ2n) is 3.59. The molecule has 0 aliphatic heterocycles. The fourth-order valence-electron chi connectivity index (χ4n) is 1.35. The molecule has 1 aromatic heterocycles. The number of nitrogens with zero attached hydrogens (tertiary/aromatic N) is 2. The lowest BCUT2D eigenvalue weighted by molar-refractivity contribution is 0.404. The predicted octanol–water partition coefficient (Wildman–Crippen LogP) is 3.50. The fraction of sp³-hybridized carbons (Fsp3) is 0.0769. The second-order valence-corrected chi connectivity index (χ2v) is 3.59. The zero-order valence-corrected chi connectivity index (χ0v) is 9.65. The molecular formula is C13H10F2N2O. The van der Waals surface area contributed by atoms with Crippen molar-refractivity contribution in [2.75, 3.05) is 0 Å². The summed E-state index contributed by atoms with van der Waals surface area (Å²) in [6, 6.07) is 2.28. The third-order valence-corrected chi connectivity index (χ3v) is 2.23. The van der Waals surface area contributed by atoms with E-state index in [1.165, 1.54) is 18.5 Å². The summed E-state index contributed by atoms with van der Waals surface area (Å²) in [6.45, 7) is 5.14. The standard InChI is InChI=1S/C13H10F2N2O/c1-3-9-4-11(14)13(12(15)5-9)18-10-6-16-8(2)17-7-10/h3-7H,1H2,2H3. The van der Waals surface area contributed by atoms with Crippen LogP contribution in [0.5, 0.6) is 11.5 Å². The molecule has 2 rings (SSSR count). The van der Waals surface area contributed by atoms with Gasteiger partial charge in [0.1, 0.15) is 5.82 Å². The van der Waals surface area contributed by atoms with Crippen molar-refractivity contribution in [3.63, 3.8) is 0 Å². The van der Waals surface area contributed by atoms with Crippen molar-refractivity contribution >= 4 is 6.08 Å². The molecular weight excluding hydrogens is 238 g/mol. The van der Waals surface area contributed by atoms with Crippen LogP contribution in [0.2, 0.25) is 0 Å². The van der Waals surface area contributed by atoms with Gasteiger partial charge in [-0.25, -0.2) is 18.7 Å². The van der Waals surface area contributed by atoms with Crippen LogP contribution in [0.4, 0.5) is 8.78 Å². The summed E-state index contributed by atoms with van der Waals surface area (Å²) in [5.41, 5.74) is 0.345. The Morgan fingerprint density at radius 2 is 1.72 bits per heavy atom. The third-order valence-electron chi connectivity index (χ3n) is 2.23. The lowest BCUT2D eigenvalue weighted by atomic mass is 10.2. The number of ether oxygens (including phenoxy) is 1. The van der Waals surface area contributed by atoms with Gasteiger partial charge in [-0.1, -0.05) is 12.7 Å². The lowest BCUT2D eigenvalue weighted by Crippen LogP contribution is -1.95. The van der Waals surface area contributed by atoms with E-state index in [4.69, 9.17) is 4.74 Å². The van der Waals surface area contributed by atoms with Gasteiger partial charge < -0.3 is 4.74 Å². The van der Waals surface area contributed by atoms with E-state index in [2.05, 4.69) is 16.5 Å². The van der Waals surface area contributed by atoms with Crippen LogP contribution in [0.15, 0.2) is 31.1 Å². The molecule has 0 saturated heterocycles. The van der Waals surface area contributed by atoms with E-state index in [0.29, 0.717) is 11.4 Å². The normalized spacial score (nSPS) is 10.2. The van der Waals surface area contributed by atoms with Gasteiger partial charge in [-0.15, -0.1) is 0 Å². The van der Waals surface area contributed by atoms with Gasteiger partial charge in [0.2, 0.25) is 0 Å². The van der Waals surface area contributed by atoms with E-state index in [1.54, 1.807) is 6.92 Å². The van der Waals surface area contributed by atoms with E-state index in [-0.39, 0.29) is 5.75 Å². The van der Waals surface area contributed by atoms with Crippen molar-refractivity contribution in [1.82, 2.24) is 9.97 Å². The molecule has 18 heavy (non-hydrogen) atoms. The minimum atomic E-state index is -0.800. The van der Waals surface area contributed by atoms with Gasteiger partial charge in [-0.05, 0) is 24.6 Å². The first kappa shape index (κ1) is 12.2. The van der Waals surface area contributed by atoms with Crippen LogP contribution in [0, 0.1) is 18.6 Å². The zero-order valence-electron chi connectivity index (χ0n) is 9.65. The van der Waals surface area contributed by atoms with Gasteiger partial charge in [0.15, 0.2) is 23.1 Å². The Bertz CT molecular complexity index is 559. The lowest BCUT2D eigenvalue weighted by Gasteiger charge is -2.08. The maximum atomic E-state index is 13.6. The second kappa shape index (κ2) is 4.91. The first-order valence-electron chi connectivity index (χ1n) is 5.18. The molecule has 92 valence electrons. The highest BCUT2D eigenvalue weighted by molar-refractivity contribution is 5.50. The Morgan fingerprint density at radius 1 is 1.17 bits per heavy atom. The molecule has 0 atom stereocenters. The number of hydrogen-bond acceptors (Lipinski definition) is 3. The van der Waals surface area contributed by atoms with E-state index >= 15 is 0 Å². The van der Waals surface area contributed by atoms with Gasteiger partial charge in [-0.3, -0.25) is 0 Å². The van der Waals surface area contributed by atoms with Crippen molar-refractivity contribution in [2.24, 2.45) is 0 Å². The van der Waals surface area contributed by atoms with Gasteiger partial charge in [0.05, 0.1) is 12.4 Å². The zero-order chi connectivity index (χ0) is 13.1. The van der Waals surface area contributed by atoms with Gasteiger partial charge in [-0.2, -0.15) is 0 Å². The topological polar surface area (TPSA) is 35.0 Å². The minimum Gasteiger partial charge on any atom is -0.448 e. The molecule has 0 bridgehead atoms. The molecule has 0 amide bonds. The fourth-order valence-corrected chi connectivity index (χ4v) is 1.35. The SMILES string of the molecule is C=Cc1cc(F)c(Oc2cnc(C)nc2)c(F)c1. The first-order chi connectivity index (χ1) is 8.60. The van der Waals surface area contributed by atoms with E-state index in [1.807, 2.05) is 0 Å². The molecule has 0 N–H and O–H groups in total. The number of hydrogen-bond donors (Lipinski definition) is 0. The van der Waals surface area contributed by atoms with Crippen LogP contribution in [0.3, 0.4) is 0 Å². The summed E-state index contributed by atoms with van der Waals surface area (Å²) in [5, 5.41) is 0. The number of benzene rings is 1. The Kier molecular flexibility index (Phi) is 3.32. The van der Waals surface area contributed by atoms with Crippen LogP contribution in [-0.2, 0) is 0 Å². The van der Waals surface area contributed by atoms with Crippen molar-refractivity contribution in [3.8, 4) is 11.5 Å². The monoisotopic (exact) mass is 248 g/mol. The molecule has 3 nitrogen and oxygen atoms in total. The molecule has 1 heterocycles. The molecule has 0 aliphatic rings. The number of aryl methyl sites for hydroxylation is 1. The summed E-state index contributed by atoms with van der Waals surface area (Å²) in [5.74, 6) is -1.36. The van der Waals surface area contributed by atoms with Crippen molar-refractivity contribution in [3.05, 3.63) is 54.1 Å². The molecule has 0 aliphatic carbocycles. The molecule has 0 spiro atoms. The summed E-state index contributed by atoms with van der Waals surface area (Å²) < 4.78 is 32.3. The van der Waals surface area contributed by atoms with Crippen molar-refractivity contribution in [1.29, 1.82) is 0 Å². The average molecular weight is 248 g/mol. The number of rotatable bonds is 3. The Hall–Kier alpha value is -2.30. The van der Waals surface area contributed by atoms with E-state index in [0.717, 1.165) is 12.1 Å². The Labute approximate surface area is 103 Å². The summed E-state index contributed by atoms with van der Waals surface area (Å²) >= 11 is 0. The minimum absolute atomic E-state index is 0.171. The highest BCUT2D eigenvalue weighted by Crippen LogP contribution is 2.28. The van der Waals surface area contributed by atoms with Gasteiger partial charge in [0.25, 0.3) is 0 Å². The number of halogens is 2.